The molecule has 2 amide bonds. The number of β-lactam (4-membered cyclic amide) rings is 1. The number of thioether (sulfide) groups is 1. The molecule has 0 spiro atoms. The van der Waals surface area contributed by atoms with E-state index in [-0.39, 0.29) is 36.5 Å². The van der Waals surface area contributed by atoms with E-state index in [9.17, 15) is 19.5 Å². The summed E-state index contributed by atoms with van der Waals surface area (Å²) < 4.78 is 0. The average Bonchev–Trinajstić information content (AvgIpc) is 3.58. The molecule has 13 heteroatoms. The number of thiazole rings is 1. The first-order chi connectivity index (χ1) is 22.8. The van der Waals surface area contributed by atoms with Gasteiger partial charge >= 0.3 is 5.97 Å². The van der Waals surface area contributed by atoms with Gasteiger partial charge < -0.3 is 20.2 Å². The number of aliphatic carboxylic acids is 1. The molecule has 2 fully saturated rings. The Morgan fingerprint density at radius 1 is 1.09 bits per heavy atom. The van der Waals surface area contributed by atoms with Crippen LogP contribution in [-0.4, -0.2) is 75.2 Å². The molecule has 0 radical (unpaired) electrons. The molecule has 0 aliphatic carbocycles. The van der Waals surface area contributed by atoms with Crippen LogP contribution in [0.3, 0.4) is 0 Å². The number of nitrogens with one attached hydrogen (secondary N) is 1. The molecule has 47 heavy (non-hydrogen) atoms. The van der Waals surface area contributed by atoms with Crippen molar-refractivity contribution in [3.63, 3.8) is 0 Å². The number of oxime groups is 1. The van der Waals surface area contributed by atoms with Gasteiger partial charge in [0.2, 0.25) is 5.91 Å². The number of hydrogen-bond acceptors (Lipinski definition) is 9. The Morgan fingerprint density at radius 3 is 2.17 bits per heavy atom. The second kappa shape index (κ2) is 13.8. The summed E-state index contributed by atoms with van der Waals surface area (Å²) in [6.07, 6.45) is 1.03. The first kappa shape index (κ1) is 32.5. The quantitative estimate of drug-likeness (QED) is 0.0658. The Labute approximate surface area is 285 Å². The van der Waals surface area contributed by atoms with E-state index in [1.165, 1.54) is 32.9 Å². The van der Waals surface area contributed by atoms with Crippen LogP contribution >= 0.6 is 34.7 Å². The fourth-order valence-corrected chi connectivity index (χ4v) is 8.70. The number of carbonyl (C=O) groups is 3. The molecule has 6 rings (SSSR count). The predicted molar refractivity (Wildman–Crippen MR) is 185 cm³/mol. The third kappa shape index (κ3) is 5.97. The average molecular weight is 690 g/mol. The zero-order valence-electron chi connectivity index (χ0n) is 25.4. The first-order valence-electron chi connectivity index (χ1n) is 14.9. The maximum absolute atomic E-state index is 13.7. The number of nitrogens with zero attached hydrogens (tertiary/aromatic N) is 4. The number of fused-ring (bicyclic) bond motifs is 1. The molecule has 10 nitrogen and oxygen atoms in total. The summed E-state index contributed by atoms with van der Waals surface area (Å²) in [5.74, 6) is -1.69. The molecular formula is C34H32ClN5O5S2. The van der Waals surface area contributed by atoms with Gasteiger partial charge in [-0.05, 0) is 23.6 Å². The monoisotopic (exact) mass is 689 g/mol. The summed E-state index contributed by atoms with van der Waals surface area (Å²) >= 11 is 8.68. The molecule has 2 unspecified atom stereocenters. The number of alkyl halides is 1. The third-order valence-electron chi connectivity index (χ3n) is 8.36. The fraction of sp³-hybridized carbons (Fsp3) is 0.265. The van der Waals surface area contributed by atoms with Crippen molar-refractivity contribution in [2.24, 2.45) is 10.6 Å². The summed E-state index contributed by atoms with van der Waals surface area (Å²) in [7, 11) is 0. The Morgan fingerprint density at radius 2 is 1.66 bits per heavy atom. The van der Waals surface area contributed by atoms with Crippen LogP contribution in [0.5, 0.6) is 0 Å². The van der Waals surface area contributed by atoms with Crippen molar-refractivity contribution in [2.45, 2.75) is 23.9 Å². The lowest BCUT2D eigenvalue weighted by Crippen LogP contribution is -2.75. The van der Waals surface area contributed by atoms with Crippen LogP contribution in [0.2, 0.25) is 0 Å². The van der Waals surface area contributed by atoms with E-state index < -0.39 is 34.2 Å². The van der Waals surface area contributed by atoms with Gasteiger partial charge in [-0.25, -0.2) is 4.98 Å². The zero-order chi connectivity index (χ0) is 33.0. The molecule has 2 N–H and O–H groups in total. The minimum Gasteiger partial charge on any atom is -0.481 e. The molecule has 2 saturated heterocycles. The Hall–Kier alpha value is -4.39. The van der Waals surface area contributed by atoms with E-state index in [4.69, 9.17) is 21.4 Å². The smallest absolute Gasteiger partial charge is 0.313 e. The summed E-state index contributed by atoms with van der Waals surface area (Å²) in [6.45, 7) is 1.97. The van der Waals surface area contributed by atoms with E-state index in [1.807, 2.05) is 54.6 Å². The molecule has 2 aliphatic heterocycles. The number of halogens is 1. The van der Waals surface area contributed by atoms with Gasteiger partial charge in [-0.15, -0.1) is 34.7 Å². The van der Waals surface area contributed by atoms with Crippen molar-refractivity contribution < 1.29 is 24.3 Å². The van der Waals surface area contributed by atoms with Gasteiger partial charge in [-0.2, -0.15) is 0 Å². The van der Waals surface area contributed by atoms with Crippen molar-refractivity contribution in [3.05, 3.63) is 113 Å². The van der Waals surface area contributed by atoms with Crippen LogP contribution < -0.4 is 10.2 Å². The third-order valence-corrected chi connectivity index (χ3v) is 11.2. The van der Waals surface area contributed by atoms with E-state index in [2.05, 4.69) is 46.9 Å². The van der Waals surface area contributed by atoms with Crippen LogP contribution in [0.4, 0.5) is 10.9 Å². The van der Waals surface area contributed by atoms with Gasteiger partial charge in [-0.3, -0.25) is 19.3 Å². The molecule has 3 atom stereocenters. The number of hydrogen-bond donors (Lipinski definition) is 2. The topological polar surface area (TPSA) is 124 Å². The minimum atomic E-state index is -1.26. The molecule has 3 aromatic carbocycles. The molecule has 3 heterocycles. The molecule has 4 aromatic rings. The highest BCUT2D eigenvalue weighted by Gasteiger charge is 2.59. The number of rotatable bonds is 12. The number of anilines is 2. The lowest BCUT2D eigenvalue weighted by molar-refractivity contribution is -0.156. The summed E-state index contributed by atoms with van der Waals surface area (Å²) in [6, 6.07) is 29.3. The van der Waals surface area contributed by atoms with Crippen molar-refractivity contribution in [1.29, 1.82) is 0 Å². The molecule has 2 aliphatic rings. The van der Waals surface area contributed by atoms with Gasteiger partial charge in [0, 0.05) is 23.6 Å². The normalized spacial score (nSPS) is 20.7. The summed E-state index contributed by atoms with van der Waals surface area (Å²) in [5.41, 5.74) is 0.831. The standard InChI is InChI=1S/C34H32ClN5O5S2/c1-2-45-36-18-27(41)40(28-29(42)39-21-33(20-35,31(43)44)22-47-30(28)39)26-19-46-32(37-26)38-34(23-12-6-3-7-13-23,24-14-8-4-9-15-24)25-16-10-5-11-17-25/h3-19,28,30H,2,20-22H2,1H3,(H,37,38)(H,43,44)/t28?,30-,33?/m1/s1. The highest BCUT2D eigenvalue weighted by Crippen LogP contribution is 2.46. The number of aromatic nitrogens is 1. The van der Waals surface area contributed by atoms with Crippen molar-refractivity contribution in [2.75, 3.05) is 35.0 Å². The highest BCUT2D eigenvalue weighted by molar-refractivity contribution is 8.00. The van der Waals surface area contributed by atoms with Crippen molar-refractivity contribution >= 4 is 69.6 Å². The van der Waals surface area contributed by atoms with Gasteiger partial charge in [0.25, 0.3) is 5.91 Å². The Balaban J connectivity index is 1.39. The second-order valence-corrected chi connectivity index (χ2v) is 13.4. The largest absolute Gasteiger partial charge is 0.481 e. The Bertz CT molecular complexity index is 1660. The van der Waals surface area contributed by atoms with E-state index in [0.717, 1.165) is 22.9 Å². The molecule has 242 valence electrons. The maximum atomic E-state index is 13.7. The Kier molecular flexibility index (Phi) is 9.53. The van der Waals surface area contributed by atoms with Gasteiger partial charge in [0.1, 0.15) is 41.0 Å². The van der Waals surface area contributed by atoms with Crippen molar-refractivity contribution in [1.82, 2.24) is 9.88 Å². The van der Waals surface area contributed by atoms with Crippen LogP contribution in [0.1, 0.15) is 23.6 Å². The van der Waals surface area contributed by atoms with Crippen LogP contribution in [-0.2, 0) is 24.8 Å². The minimum absolute atomic E-state index is 0.0362. The number of benzene rings is 3. The number of amides is 2. The predicted octanol–water partition coefficient (Wildman–Crippen LogP) is 5.50. The lowest BCUT2D eigenvalue weighted by atomic mass is 9.77. The van der Waals surface area contributed by atoms with Gasteiger partial charge in [-0.1, -0.05) is 96.2 Å². The molecule has 0 bridgehead atoms. The van der Waals surface area contributed by atoms with Crippen LogP contribution in [0.15, 0.2) is 102 Å². The molecular weight excluding hydrogens is 658 g/mol. The number of carbonyl (C=O) groups excluding carboxylic acids is 2. The highest BCUT2D eigenvalue weighted by atomic mass is 35.5. The zero-order valence-corrected chi connectivity index (χ0v) is 27.8. The SMILES string of the molecule is CCON=CC(=O)N(c1csc(NC(c2ccccc2)(c2ccccc2)c2ccccc2)n1)C1C(=O)N2CC(CCl)(C(=O)O)CS[C@H]12. The van der Waals surface area contributed by atoms with Gasteiger partial charge in [0.05, 0.1) is 0 Å². The summed E-state index contributed by atoms with van der Waals surface area (Å²) in [4.78, 5) is 52.1. The lowest BCUT2D eigenvalue weighted by Gasteiger charge is -2.55. The number of carboxylic acid groups (broad SMARTS) is 1. The van der Waals surface area contributed by atoms with Crippen LogP contribution in [0.25, 0.3) is 0 Å². The summed E-state index contributed by atoms with van der Waals surface area (Å²) in [5, 5.41) is 19.1. The number of carboxylic acids is 1. The van der Waals surface area contributed by atoms with E-state index in [0.29, 0.717) is 5.13 Å². The fourth-order valence-electron chi connectivity index (χ4n) is 5.96. The maximum Gasteiger partial charge on any atom is 0.313 e. The molecule has 1 aromatic heterocycles. The van der Waals surface area contributed by atoms with Crippen LogP contribution in [0, 0.1) is 5.41 Å². The molecule has 0 saturated carbocycles. The second-order valence-electron chi connectivity index (χ2n) is 11.2. The van der Waals surface area contributed by atoms with E-state index >= 15 is 0 Å². The van der Waals surface area contributed by atoms with Gasteiger partial charge in [0.15, 0.2) is 5.13 Å². The van der Waals surface area contributed by atoms with E-state index in [1.54, 1.807) is 12.3 Å². The van der Waals surface area contributed by atoms with Crippen molar-refractivity contribution in [3.8, 4) is 0 Å². The first-order valence-corrected chi connectivity index (χ1v) is 17.4.